The van der Waals surface area contributed by atoms with E-state index in [1.54, 1.807) is 13.0 Å². The van der Waals surface area contributed by atoms with Gasteiger partial charge in [0.2, 0.25) is 10.0 Å². The van der Waals surface area contributed by atoms with Gasteiger partial charge in [0.15, 0.2) is 0 Å². The van der Waals surface area contributed by atoms with Crippen LogP contribution in [-0.2, 0) is 27.8 Å². The second kappa shape index (κ2) is 13.8. The minimum Gasteiger partial charge on any atom is -0.487 e. The van der Waals surface area contributed by atoms with Crippen LogP contribution < -0.4 is 14.4 Å². The van der Waals surface area contributed by atoms with E-state index in [4.69, 9.17) is 21.1 Å². The number of rotatable bonds is 3. The smallest absolute Gasteiger partial charge is 0.264 e. The van der Waals surface area contributed by atoms with Crippen molar-refractivity contribution in [3.05, 3.63) is 70.3 Å². The zero-order valence-electron chi connectivity index (χ0n) is 26.5. The highest BCUT2D eigenvalue weighted by Crippen LogP contribution is 2.48. The third-order valence-corrected chi connectivity index (χ3v) is 12.3. The van der Waals surface area contributed by atoms with Crippen molar-refractivity contribution in [2.24, 2.45) is 17.8 Å². The van der Waals surface area contributed by atoms with Crippen molar-refractivity contribution in [3.8, 4) is 5.75 Å². The van der Waals surface area contributed by atoms with Gasteiger partial charge in [-0.15, -0.1) is 0 Å². The summed E-state index contributed by atoms with van der Waals surface area (Å²) in [6.07, 6.45) is 11.8. The molecule has 44 heavy (non-hydrogen) atoms. The van der Waals surface area contributed by atoms with Gasteiger partial charge in [-0.05, 0) is 111 Å². The summed E-state index contributed by atoms with van der Waals surface area (Å²) >= 11 is 6.35. The zero-order chi connectivity index (χ0) is 31.5. The van der Waals surface area contributed by atoms with Crippen LogP contribution in [0.1, 0.15) is 87.2 Å². The molecule has 2 aliphatic heterocycles. The van der Waals surface area contributed by atoms with E-state index in [1.165, 1.54) is 5.56 Å². The minimum absolute atomic E-state index is 0.188. The second-order valence-corrected chi connectivity index (χ2v) is 15.4. The van der Waals surface area contributed by atoms with Crippen LogP contribution in [0.5, 0.6) is 5.75 Å². The number of hydrogen-bond donors (Lipinski definition) is 1. The van der Waals surface area contributed by atoms with E-state index in [9.17, 15) is 13.2 Å². The molecule has 2 aromatic carbocycles. The second-order valence-electron chi connectivity index (χ2n) is 12.9. The molecule has 0 unspecified atom stereocenters. The standard InChI is InChI=1S/C35H47ClN2O5S/c1-5-17-35(42-4)18-8-9-24(2)25(3)44(40,41)37-34(39)27-13-16-33-32(21-27)38(22-28-12-15-31(28)35)19-7-6-10-26-20-30(36)14-11-29(26)23-43-33/h8,11,13-14,16,18,20-21,24-25,28,31H,5-7,9-10,12,15,17,19,22-23H2,1-4H3,(H,37,39)/b18-8+/t24-,25+,28-,31+,35-/m0/s1. The Bertz CT molecular complexity index is 1480. The number of allylic oxidation sites excluding steroid dienone is 1. The third-order valence-electron chi connectivity index (χ3n) is 10.2. The number of benzene rings is 2. The average molecular weight is 643 g/mol. The van der Waals surface area contributed by atoms with Crippen LogP contribution in [0, 0.1) is 17.8 Å². The fourth-order valence-corrected chi connectivity index (χ4v) is 8.64. The first kappa shape index (κ1) is 32.8. The SMILES string of the molecule is CCC[C@]1(OC)/C=C/C[C@H](C)[C@@H](C)S(=O)(=O)NC(=O)c2ccc3c(c2)N(CCCCc2cc(Cl)ccc2CO3)C[C@@H]2CC[C@H]21. The molecule has 0 aromatic heterocycles. The van der Waals surface area contributed by atoms with Crippen molar-refractivity contribution in [2.45, 2.75) is 89.6 Å². The van der Waals surface area contributed by atoms with Crippen LogP contribution in [0.2, 0.25) is 5.02 Å². The Hall–Kier alpha value is -2.55. The van der Waals surface area contributed by atoms with E-state index >= 15 is 0 Å². The number of fused-ring (bicyclic) bond motifs is 3. The summed E-state index contributed by atoms with van der Waals surface area (Å²) in [5.41, 5.74) is 3.01. The Morgan fingerprint density at radius 2 is 1.93 bits per heavy atom. The zero-order valence-corrected chi connectivity index (χ0v) is 28.1. The number of nitrogens with one attached hydrogen (secondary N) is 1. The number of carbonyl (C=O) groups excluding carboxylic acids is 1. The number of methoxy groups -OCH3 is 1. The molecule has 5 atom stereocenters. The Balaban J connectivity index is 1.58. The number of carbonyl (C=O) groups is 1. The van der Waals surface area contributed by atoms with Crippen LogP contribution >= 0.6 is 11.6 Å². The predicted molar refractivity (Wildman–Crippen MR) is 177 cm³/mol. The number of nitrogens with zero attached hydrogens (tertiary/aromatic N) is 1. The van der Waals surface area contributed by atoms with Gasteiger partial charge in [-0.3, -0.25) is 4.79 Å². The first-order chi connectivity index (χ1) is 21.1. The quantitative estimate of drug-likeness (QED) is 0.353. The van der Waals surface area contributed by atoms with E-state index in [-0.39, 0.29) is 5.92 Å². The lowest BCUT2D eigenvalue weighted by Crippen LogP contribution is -2.51. The molecule has 2 bridgehead atoms. The van der Waals surface area contributed by atoms with Gasteiger partial charge in [-0.2, -0.15) is 0 Å². The van der Waals surface area contributed by atoms with Gasteiger partial charge in [-0.1, -0.05) is 50.1 Å². The number of anilines is 1. The largest absolute Gasteiger partial charge is 0.487 e. The molecule has 2 aromatic rings. The van der Waals surface area contributed by atoms with Crippen LogP contribution in [0.3, 0.4) is 0 Å². The number of sulfonamides is 1. The number of ether oxygens (including phenoxy) is 2. The molecular formula is C35H47ClN2O5S. The molecule has 1 amide bonds. The maximum absolute atomic E-state index is 13.4. The molecule has 3 aliphatic rings. The normalized spacial score (nSPS) is 29.9. The molecule has 1 N–H and O–H groups in total. The summed E-state index contributed by atoms with van der Waals surface area (Å²) in [6.45, 7) is 7.75. The Labute approximate surface area is 268 Å². The first-order valence-electron chi connectivity index (χ1n) is 16.1. The molecule has 0 saturated heterocycles. The van der Waals surface area contributed by atoms with Crippen LogP contribution in [0.4, 0.5) is 5.69 Å². The molecule has 7 nitrogen and oxygen atoms in total. The molecule has 5 rings (SSSR count). The monoisotopic (exact) mass is 642 g/mol. The summed E-state index contributed by atoms with van der Waals surface area (Å²) in [4.78, 5) is 15.8. The topological polar surface area (TPSA) is 84.9 Å². The van der Waals surface area contributed by atoms with Crippen LogP contribution in [0.25, 0.3) is 0 Å². The molecule has 1 saturated carbocycles. The summed E-state index contributed by atoms with van der Waals surface area (Å²) in [5, 5.41) is -0.0324. The highest BCUT2D eigenvalue weighted by atomic mass is 35.5. The van der Waals surface area contributed by atoms with Gasteiger partial charge in [0.25, 0.3) is 5.91 Å². The molecule has 240 valence electrons. The number of amides is 1. The highest BCUT2D eigenvalue weighted by molar-refractivity contribution is 7.90. The van der Waals surface area contributed by atoms with Crippen molar-refractivity contribution in [3.63, 3.8) is 0 Å². The van der Waals surface area contributed by atoms with Crippen molar-refractivity contribution in [2.75, 3.05) is 25.1 Å². The maximum Gasteiger partial charge on any atom is 0.264 e. The lowest BCUT2D eigenvalue weighted by Gasteiger charge is -2.50. The summed E-state index contributed by atoms with van der Waals surface area (Å²) in [7, 11) is -2.10. The molecule has 9 heteroatoms. The predicted octanol–water partition coefficient (Wildman–Crippen LogP) is 7.32. The Morgan fingerprint density at radius 1 is 1.11 bits per heavy atom. The highest BCUT2D eigenvalue weighted by Gasteiger charge is 2.46. The summed E-state index contributed by atoms with van der Waals surface area (Å²) in [5.74, 6) is 0.617. The third kappa shape index (κ3) is 6.97. The molecule has 0 radical (unpaired) electrons. The first-order valence-corrected chi connectivity index (χ1v) is 18.1. The number of halogens is 1. The van der Waals surface area contributed by atoms with Gasteiger partial charge >= 0.3 is 0 Å². The summed E-state index contributed by atoms with van der Waals surface area (Å²) < 4.78 is 41.9. The molecule has 2 heterocycles. The maximum atomic E-state index is 13.4. The van der Waals surface area contributed by atoms with Crippen LogP contribution in [0.15, 0.2) is 48.6 Å². The average Bonchev–Trinajstić information content (AvgIpc) is 3.01. The van der Waals surface area contributed by atoms with Crippen molar-refractivity contribution in [1.29, 1.82) is 0 Å². The van der Waals surface area contributed by atoms with E-state index in [0.29, 0.717) is 36.2 Å². The lowest BCUT2D eigenvalue weighted by atomic mass is 9.63. The minimum atomic E-state index is -3.91. The van der Waals surface area contributed by atoms with Crippen LogP contribution in [-0.4, -0.2) is 45.4 Å². The van der Waals surface area contributed by atoms with Crippen molar-refractivity contribution >= 4 is 33.2 Å². The lowest BCUT2D eigenvalue weighted by molar-refractivity contribution is -0.0802. The molecular weight excluding hydrogens is 596 g/mol. The summed E-state index contributed by atoms with van der Waals surface area (Å²) in [6, 6.07) is 11.2. The van der Waals surface area contributed by atoms with Gasteiger partial charge in [0.05, 0.1) is 16.5 Å². The van der Waals surface area contributed by atoms with E-state index < -0.39 is 26.8 Å². The number of hydrogen-bond acceptors (Lipinski definition) is 6. The number of aryl methyl sites for hydroxylation is 1. The van der Waals surface area contributed by atoms with Gasteiger partial charge in [0, 0.05) is 30.8 Å². The molecule has 0 spiro atoms. The molecule has 1 fully saturated rings. The molecule has 1 aliphatic carbocycles. The van der Waals surface area contributed by atoms with Gasteiger partial charge in [-0.25, -0.2) is 13.1 Å². The fraction of sp³-hybridized carbons (Fsp3) is 0.571. The van der Waals surface area contributed by atoms with E-state index in [1.807, 2.05) is 44.4 Å². The van der Waals surface area contributed by atoms with E-state index in [0.717, 1.165) is 74.3 Å². The van der Waals surface area contributed by atoms with Gasteiger partial charge in [0.1, 0.15) is 12.4 Å². The fourth-order valence-electron chi connectivity index (χ4n) is 7.16. The van der Waals surface area contributed by atoms with Crippen molar-refractivity contribution in [1.82, 2.24) is 4.72 Å². The van der Waals surface area contributed by atoms with Gasteiger partial charge < -0.3 is 14.4 Å². The Morgan fingerprint density at radius 3 is 2.66 bits per heavy atom. The van der Waals surface area contributed by atoms with E-state index in [2.05, 4.69) is 28.7 Å². The van der Waals surface area contributed by atoms with Crippen molar-refractivity contribution < 1.29 is 22.7 Å². The Kier molecular flexibility index (Phi) is 10.3.